The summed E-state index contributed by atoms with van der Waals surface area (Å²) in [4.78, 5) is 27.5. The van der Waals surface area contributed by atoms with Crippen molar-refractivity contribution in [3.63, 3.8) is 0 Å². The predicted octanol–water partition coefficient (Wildman–Crippen LogP) is 3.72. The first-order chi connectivity index (χ1) is 15.9. The first-order valence-electron chi connectivity index (χ1n) is 10.8. The Labute approximate surface area is 196 Å². The Morgan fingerprint density at radius 1 is 1.18 bits per heavy atom. The average Bonchev–Trinajstić information content (AvgIpc) is 2.80. The molecule has 2 aromatic carbocycles. The SMILES string of the molecule is CCOC(=O)C1=C(CN2CCOC(c3ccc(F)cc3)C2)NC(=O)NC1c1ccc(Cl)cc1. The molecule has 2 aliphatic rings. The number of amides is 2. The van der Waals surface area contributed by atoms with Crippen molar-refractivity contribution < 1.29 is 23.5 Å². The van der Waals surface area contributed by atoms with E-state index in [1.165, 1.54) is 12.1 Å². The van der Waals surface area contributed by atoms with E-state index in [2.05, 4.69) is 15.5 Å². The Morgan fingerprint density at radius 3 is 2.58 bits per heavy atom. The molecule has 9 heteroatoms. The molecule has 2 aromatic rings. The van der Waals surface area contributed by atoms with Crippen LogP contribution in [0.5, 0.6) is 0 Å². The third-order valence-corrected chi connectivity index (χ3v) is 5.88. The smallest absolute Gasteiger partial charge is 0.338 e. The molecule has 0 saturated carbocycles. The summed E-state index contributed by atoms with van der Waals surface area (Å²) in [6.45, 7) is 3.89. The second-order valence-electron chi connectivity index (χ2n) is 7.84. The molecule has 2 atom stereocenters. The van der Waals surface area contributed by atoms with E-state index < -0.39 is 18.0 Å². The highest BCUT2D eigenvalue weighted by Crippen LogP contribution is 2.30. The van der Waals surface area contributed by atoms with Gasteiger partial charge in [-0.05, 0) is 42.3 Å². The van der Waals surface area contributed by atoms with Crippen molar-refractivity contribution in [3.05, 3.63) is 81.8 Å². The molecule has 33 heavy (non-hydrogen) atoms. The summed E-state index contributed by atoms with van der Waals surface area (Å²) in [5.41, 5.74) is 2.43. The number of carbonyl (C=O) groups is 2. The average molecular weight is 474 g/mol. The summed E-state index contributed by atoms with van der Waals surface area (Å²) in [5, 5.41) is 6.17. The number of urea groups is 1. The van der Waals surface area contributed by atoms with Crippen LogP contribution in [0.2, 0.25) is 5.02 Å². The molecular formula is C24H25ClFN3O4. The number of morpholine rings is 1. The van der Waals surface area contributed by atoms with Gasteiger partial charge in [-0.15, -0.1) is 0 Å². The van der Waals surface area contributed by atoms with Crippen molar-refractivity contribution in [2.75, 3.05) is 32.8 Å². The number of hydrogen-bond donors (Lipinski definition) is 2. The lowest BCUT2D eigenvalue weighted by molar-refractivity contribution is -0.139. The number of benzene rings is 2. The van der Waals surface area contributed by atoms with Crippen molar-refractivity contribution in [1.29, 1.82) is 0 Å². The molecule has 0 aliphatic carbocycles. The van der Waals surface area contributed by atoms with Gasteiger partial charge in [0.2, 0.25) is 0 Å². The Hall–Kier alpha value is -2.94. The van der Waals surface area contributed by atoms with Gasteiger partial charge < -0.3 is 20.1 Å². The fourth-order valence-electron chi connectivity index (χ4n) is 4.05. The summed E-state index contributed by atoms with van der Waals surface area (Å²) in [7, 11) is 0. The van der Waals surface area contributed by atoms with E-state index in [-0.39, 0.29) is 18.5 Å². The number of halogens is 2. The first kappa shape index (κ1) is 23.2. The molecule has 1 fully saturated rings. The van der Waals surface area contributed by atoms with Crippen molar-refractivity contribution in [1.82, 2.24) is 15.5 Å². The maximum absolute atomic E-state index is 13.3. The van der Waals surface area contributed by atoms with Gasteiger partial charge in [-0.1, -0.05) is 35.9 Å². The highest BCUT2D eigenvalue weighted by molar-refractivity contribution is 6.30. The van der Waals surface area contributed by atoms with Crippen molar-refractivity contribution >= 4 is 23.6 Å². The molecule has 2 heterocycles. The van der Waals surface area contributed by atoms with Gasteiger partial charge in [-0.25, -0.2) is 14.0 Å². The molecule has 2 aliphatic heterocycles. The highest BCUT2D eigenvalue weighted by Gasteiger charge is 2.35. The van der Waals surface area contributed by atoms with E-state index in [4.69, 9.17) is 21.1 Å². The zero-order valence-electron chi connectivity index (χ0n) is 18.1. The molecule has 7 nitrogen and oxygen atoms in total. The Kier molecular flexibility index (Phi) is 7.27. The summed E-state index contributed by atoms with van der Waals surface area (Å²) in [6.07, 6.45) is -0.240. The topological polar surface area (TPSA) is 79.9 Å². The number of nitrogens with zero attached hydrogens (tertiary/aromatic N) is 1. The van der Waals surface area contributed by atoms with E-state index in [1.807, 2.05) is 0 Å². The van der Waals surface area contributed by atoms with Crippen LogP contribution in [0.1, 0.15) is 30.2 Å². The van der Waals surface area contributed by atoms with Gasteiger partial charge in [-0.3, -0.25) is 4.90 Å². The Balaban J connectivity index is 1.62. The zero-order valence-corrected chi connectivity index (χ0v) is 18.9. The standard InChI is InChI=1S/C24H25ClFN3O4/c1-2-32-23(30)21-19(27-24(31)28-22(21)16-3-7-17(25)8-4-16)13-29-11-12-33-20(14-29)15-5-9-18(26)10-6-15/h3-10,20,22H,2,11-14H2,1H3,(H2,27,28,31). The second kappa shape index (κ2) is 10.3. The number of carbonyl (C=O) groups excluding carboxylic acids is 2. The third-order valence-electron chi connectivity index (χ3n) is 5.63. The first-order valence-corrected chi connectivity index (χ1v) is 11.1. The van der Waals surface area contributed by atoms with E-state index in [0.717, 1.165) is 11.1 Å². The molecule has 0 radical (unpaired) electrons. The number of nitrogens with one attached hydrogen (secondary N) is 2. The van der Waals surface area contributed by atoms with Gasteiger partial charge in [0.15, 0.2) is 0 Å². The van der Waals surface area contributed by atoms with Crippen molar-refractivity contribution in [3.8, 4) is 0 Å². The molecule has 0 aromatic heterocycles. The molecule has 4 rings (SSSR count). The molecule has 1 saturated heterocycles. The van der Waals surface area contributed by atoms with Gasteiger partial charge in [0, 0.05) is 30.4 Å². The molecule has 2 amide bonds. The lowest BCUT2D eigenvalue weighted by atomic mass is 9.95. The van der Waals surface area contributed by atoms with Gasteiger partial charge in [0.25, 0.3) is 0 Å². The quantitative estimate of drug-likeness (QED) is 0.625. The van der Waals surface area contributed by atoms with Crippen LogP contribution in [-0.4, -0.2) is 49.7 Å². The van der Waals surface area contributed by atoms with E-state index >= 15 is 0 Å². The van der Waals surface area contributed by atoms with Crippen molar-refractivity contribution in [2.24, 2.45) is 0 Å². The third kappa shape index (κ3) is 5.52. The van der Waals surface area contributed by atoms with E-state index in [0.29, 0.717) is 42.5 Å². The van der Waals surface area contributed by atoms with Crippen LogP contribution in [0, 0.1) is 5.82 Å². The van der Waals surface area contributed by atoms with Crippen molar-refractivity contribution in [2.45, 2.75) is 19.1 Å². The molecule has 174 valence electrons. The maximum atomic E-state index is 13.3. The monoisotopic (exact) mass is 473 g/mol. The van der Waals surface area contributed by atoms with Gasteiger partial charge in [-0.2, -0.15) is 0 Å². The fraction of sp³-hybridized carbons (Fsp3) is 0.333. The van der Waals surface area contributed by atoms with Crippen LogP contribution in [0.25, 0.3) is 0 Å². The van der Waals surface area contributed by atoms with Gasteiger partial charge in [0.05, 0.1) is 30.9 Å². The lowest BCUT2D eigenvalue weighted by Crippen LogP contribution is -2.50. The minimum Gasteiger partial charge on any atom is -0.463 e. The number of ether oxygens (including phenoxy) is 2. The normalized spacial score (nSPS) is 21.4. The fourth-order valence-corrected chi connectivity index (χ4v) is 4.17. The maximum Gasteiger partial charge on any atom is 0.338 e. The van der Waals surface area contributed by atoms with E-state index in [9.17, 15) is 14.0 Å². The molecule has 2 N–H and O–H groups in total. The van der Waals surface area contributed by atoms with Crippen LogP contribution >= 0.6 is 11.6 Å². The molecule has 0 bridgehead atoms. The van der Waals surface area contributed by atoms with Crippen LogP contribution in [0.4, 0.5) is 9.18 Å². The zero-order chi connectivity index (χ0) is 23.4. The lowest BCUT2D eigenvalue weighted by Gasteiger charge is -2.36. The molecule has 2 unspecified atom stereocenters. The summed E-state index contributed by atoms with van der Waals surface area (Å²) in [6, 6.07) is 12.1. The van der Waals surface area contributed by atoms with Crippen LogP contribution in [-0.2, 0) is 14.3 Å². The summed E-state index contributed by atoms with van der Waals surface area (Å²) >= 11 is 6.02. The van der Waals surface area contributed by atoms with Gasteiger partial charge in [0.1, 0.15) is 5.82 Å². The highest BCUT2D eigenvalue weighted by atomic mass is 35.5. The molecule has 0 spiro atoms. The van der Waals surface area contributed by atoms with Crippen LogP contribution < -0.4 is 10.6 Å². The number of hydrogen-bond acceptors (Lipinski definition) is 5. The minimum absolute atomic E-state index is 0.209. The van der Waals surface area contributed by atoms with E-state index in [1.54, 1.807) is 43.3 Å². The summed E-state index contributed by atoms with van der Waals surface area (Å²) in [5.74, 6) is -0.801. The van der Waals surface area contributed by atoms with Gasteiger partial charge >= 0.3 is 12.0 Å². The number of rotatable bonds is 6. The second-order valence-corrected chi connectivity index (χ2v) is 8.28. The Bertz CT molecular complexity index is 1040. The Morgan fingerprint density at radius 2 is 1.88 bits per heavy atom. The largest absolute Gasteiger partial charge is 0.463 e. The molecular weight excluding hydrogens is 449 g/mol. The predicted molar refractivity (Wildman–Crippen MR) is 121 cm³/mol. The van der Waals surface area contributed by atoms with Crippen LogP contribution in [0.15, 0.2) is 59.8 Å². The number of esters is 1. The minimum atomic E-state index is -0.668. The summed E-state index contributed by atoms with van der Waals surface area (Å²) < 4.78 is 24.5. The van der Waals surface area contributed by atoms with Crippen LogP contribution in [0.3, 0.4) is 0 Å².